The van der Waals surface area contributed by atoms with Gasteiger partial charge in [-0.05, 0) is 30.5 Å². The number of imidazole rings is 1. The molecule has 0 aliphatic heterocycles. The number of hydrogen-bond acceptors (Lipinski definition) is 6. The summed E-state index contributed by atoms with van der Waals surface area (Å²) in [6, 6.07) is 8.07. The molecule has 3 heterocycles. The Morgan fingerprint density at radius 2 is 2.19 bits per heavy atom. The van der Waals surface area contributed by atoms with E-state index < -0.39 is 0 Å². The average Bonchev–Trinajstić information content (AvgIpc) is 3.22. The fourth-order valence-corrected chi connectivity index (χ4v) is 4.00. The molecule has 0 bridgehead atoms. The molecule has 9 heteroatoms. The number of hydrogen-bond donors (Lipinski definition) is 2. The number of thiazole rings is 1. The monoisotopic (exact) mass is 436 g/mol. The topological polar surface area (TPSA) is 97.7 Å². The molecule has 0 spiro atoms. The van der Waals surface area contributed by atoms with Gasteiger partial charge in [0.2, 0.25) is 5.91 Å². The SMILES string of the molecule is CC.CO/C=C\c1cccc(-c2cncn2-c2n[nH]c3nc(NC(=O)C4CC4)sc23)c1. The number of carbonyl (C=O) groups is 1. The Bertz CT molecular complexity index is 1220. The summed E-state index contributed by atoms with van der Waals surface area (Å²) in [6.07, 6.45) is 8.98. The van der Waals surface area contributed by atoms with Crippen LogP contribution in [0.2, 0.25) is 0 Å². The third-order valence-corrected chi connectivity index (χ3v) is 5.69. The molecule has 4 aromatic rings. The summed E-state index contributed by atoms with van der Waals surface area (Å²) in [4.78, 5) is 20.8. The van der Waals surface area contributed by atoms with E-state index in [9.17, 15) is 4.79 Å². The van der Waals surface area contributed by atoms with Gasteiger partial charge < -0.3 is 10.1 Å². The van der Waals surface area contributed by atoms with Crippen LogP contribution >= 0.6 is 11.3 Å². The van der Waals surface area contributed by atoms with Gasteiger partial charge in [-0.1, -0.05) is 43.4 Å². The number of methoxy groups -OCH3 is 1. The number of anilines is 1. The number of rotatable bonds is 6. The van der Waals surface area contributed by atoms with Crippen molar-refractivity contribution in [2.45, 2.75) is 26.7 Å². The minimum atomic E-state index is 0.0418. The number of nitrogens with one attached hydrogen (secondary N) is 2. The van der Waals surface area contributed by atoms with Gasteiger partial charge in [-0.2, -0.15) is 5.10 Å². The molecule has 0 radical (unpaired) electrons. The van der Waals surface area contributed by atoms with Crippen LogP contribution in [0.1, 0.15) is 32.3 Å². The molecule has 1 saturated carbocycles. The van der Waals surface area contributed by atoms with E-state index in [0.717, 1.165) is 34.4 Å². The maximum atomic E-state index is 12.0. The first kappa shape index (κ1) is 20.8. The quantitative estimate of drug-likeness (QED) is 0.421. The molecule has 8 nitrogen and oxygen atoms in total. The van der Waals surface area contributed by atoms with E-state index in [2.05, 4.69) is 31.5 Å². The molecule has 0 saturated heterocycles. The van der Waals surface area contributed by atoms with Gasteiger partial charge in [0.15, 0.2) is 16.6 Å². The smallest absolute Gasteiger partial charge is 0.229 e. The van der Waals surface area contributed by atoms with Crippen LogP contribution in [0.15, 0.2) is 43.1 Å². The molecule has 160 valence electrons. The van der Waals surface area contributed by atoms with Gasteiger partial charge in [0.1, 0.15) is 11.0 Å². The second kappa shape index (κ2) is 9.13. The van der Waals surface area contributed by atoms with Crippen LogP contribution in [0.4, 0.5) is 5.13 Å². The Morgan fingerprint density at radius 3 is 2.97 bits per heavy atom. The zero-order chi connectivity index (χ0) is 21.8. The van der Waals surface area contributed by atoms with Crippen molar-refractivity contribution in [3.05, 3.63) is 48.6 Å². The lowest BCUT2D eigenvalue weighted by Crippen LogP contribution is -2.12. The summed E-state index contributed by atoms with van der Waals surface area (Å²) >= 11 is 1.41. The largest absolute Gasteiger partial charge is 0.504 e. The Kier molecular flexibility index (Phi) is 6.13. The molecule has 1 aliphatic carbocycles. The van der Waals surface area contributed by atoms with E-state index in [1.165, 1.54) is 11.3 Å². The fraction of sp³-hybridized carbons (Fsp3) is 0.273. The maximum Gasteiger partial charge on any atom is 0.229 e. The van der Waals surface area contributed by atoms with Crippen molar-refractivity contribution in [3.8, 4) is 17.1 Å². The zero-order valence-corrected chi connectivity index (χ0v) is 18.4. The summed E-state index contributed by atoms with van der Waals surface area (Å²) in [5, 5.41) is 10.9. The predicted molar refractivity (Wildman–Crippen MR) is 123 cm³/mol. The van der Waals surface area contributed by atoms with Gasteiger partial charge in [-0.25, -0.2) is 9.97 Å². The molecule has 5 rings (SSSR count). The molecule has 1 aromatic carbocycles. The second-order valence-electron chi connectivity index (χ2n) is 6.82. The van der Waals surface area contributed by atoms with E-state index in [-0.39, 0.29) is 11.8 Å². The van der Waals surface area contributed by atoms with Gasteiger partial charge in [-0.3, -0.25) is 14.5 Å². The Morgan fingerprint density at radius 1 is 1.35 bits per heavy atom. The molecule has 0 atom stereocenters. The Labute approximate surface area is 184 Å². The van der Waals surface area contributed by atoms with Gasteiger partial charge in [-0.15, -0.1) is 0 Å². The van der Waals surface area contributed by atoms with Crippen LogP contribution in [-0.4, -0.2) is 37.7 Å². The number of ether oxygens (including phenoxy) is 1. The first-order valence-corrected chi connectivity index (χ1v) is 11.0. The first-order valence-electron chi connectivity index (χ1n) is 10.2. The summed E-state index contributed by atoms with van der Waals surface area (Å²) in [5.74, 6) is 0.879. The molecule has 3 aromatic heterocycles. The highest BCUT2D eigenvalue weighted by atomic mass is 32.1. The van der Waals surface area contributed by atoms with Crippen molar-refractivity contribution in [2.24, 2.45) is 5.92 Å². The van der Waals surface area contributed by atoms with Crippen molar-refractivity contribution in [1.82, 2.24) is 24.7 Å². The molecule has 1 fully saturated rings. The van der Waals surface area contributed by atoms with Crippen molar-refractivity contribution in [3.63, 3.8) is 0 Å². The summed E-state index contributed by atoms with van der Waals surface area (Å²) in [7, 11) is 1.62. The van der Waals surface area contributed by atoms with Crippen molar-refractivity contribution >= 4 is 38.8 Å². The number of amides is 1. The molecule has 2 N–H and O–H groups in total. The molecule has 1 aliphatic rings. The van der Waals surface area contributed by atoms with Crippen LogP contribution < -0.4 is 5.32 Å². The van der Waals surface area contributed by atoms with E-state index in [1.54, 1.807) is 25.9 Å². The van der Waals surface area contributed by atoms with Crippen molar-refractivity contribution < 1.29 is 9.53 Å². The van der Waals surface area contributed by atoms with Crippen LogP contribution in [0, 0.1) is 5.92 Å². The van der Waals surface area contributed by atoms with Gasteiger partial charge in [0.05, 0.1) is 25.3 Å². The van der Waals surface area contributed by atoms with Crippen LogP contribution in [-0.2, 0) is 9.53 Å². The number of nitrogens with zero attached hydrogens (tertiary/aromatic N) is 4. The van der Waals surface area contributed by atoms with Gasteiger partial charge >= 0.3 is 0 Å². The molecule has 1 amide bonds. The standard InChI is InChI=1S/C20H18N6O2S.C2H6/c1-28-8-7-12-3-2-4-14(9-12)15-10-21-11-26(15)18-16-17(24-25-18)22-20(29-16)23-19(27)13-5-6-13;1-2/h2-4,7-11,13H,5-6H2,1H3,(H2,22,23,24,25,27);1-2H3/b8-7-;. The highest BCUT2D eigenvalue weighted by Crippen LogP contribution is 2.34. The second-order valence-corrected chi connectivity index (χ2v) is 7.82. The lowest BCUT2D eigenvalue weighted by Gasteiger charge is -2.06. The molecular weight excluding hydrogens is 412 g/mol. The lowest BCUT2D eigenvalue weighted by atomic mass is 10.1. The summed E-state index contributed by atoms with van der Waals surface area (Å²) < 4.78 is 7.79. The highest BCUT2D eigenvalue weighted by Gasteiger charge is 2.30. The fourth-order valence-electron chi connectivity index (χ4n) is 3.10. The highest BCUT2D eigenvalue weighted by molar-refractivity contribution is 7.22. The van der Waals surface area contributed by atoms with Gasteiger partial charge in [0.25, 0.3) is 0 Å². The third-order valence-electron chi connectivity index (χ3n) is 4.72. The van der Waals surface area contributed by atoms with Crippen molar-refractivity contribution in [1.29, 1.82) is 0 Å². The number of H-pyrrole nitrogens is 1. The third kappa shape index (κ3) is 4.36. The normalized spacial score (nSPS) is 13.3. The van der Waals surface area contributed by atoms with Gasteiger partial charge in [0, 0.05) is 11.5 Å². The summed E-state index contributed by atoms with van der Waals surface area (Å²) in [5.41, 5.74) is 3.58. The number of fused-ring (bicyclic) bond motifs is 1. The van der Waals surface area contributed by atoms with Crippen molar-refractivity contribution in [2.75, 3.05) is 12.4 Å². The number of aromatic nitrogens is 5. The minimum absolute atomic E-state index is 0.0418. The first-order chi connectivity index (χ1) is 15.2. The minimum Gasteiger partial charge on any atom is -0.504 e. The van der Waals surface area contributed by atoms with E-state index in [1.807, 2.05) is 42.7 Å². The van der Waals surface area contributed by atoms with E-state index in [4.69, 9.17) is 4.74 Å². The average molecular weight is 437 g/mol. The number of benzene rings is 1. The maximum absolute atomic E-state index is 12.0. The van der Waals surface area contributed by atoms with Crippen LogP contribution in [0.5, 0.6) is 0 Å². The predicted octanol–water partition coefficient (Wildman–Crippen LogP) is 4.86. The van der Waals surface area contributed by atoms with Crippen LogP contribution in [0.3, 0.4) is 0 Å². The number of carbonyl (C=O) groups excluding carboxylic acids is 1. The summed E-state index contributed by atoms with van der Waals surface area (Å²) in [6.45, 7) is 4.00. The lowest BCUT2D eigenvalue weighted by molar-refractivity contribution is -0.117. The molecular formula is C22H24N6O2S. The number of aromatic amines is 1. The van der Waals surface area contributed by atoms with E-state index >= 15 is 0 Å². The Hall–Kier alpha value is -3.46. The molecule has 31 heavy (non-hydrogen) atoms. The van der Waals surface area contributed by atoms with Crippen LogP contribution in [0.25, 0.3) is 33.5 Å². The Balaban J connectivity index is 0.00000112. The zero-order valence-electron chi connectivity index (χ0n) is 17.6. The van der Waals surface area contributed by atoms with E-state index in [0.29, 0.717) is 16.6 Å². The molecule has 0 unspecified atom stereocenters.